The van der Waals surface area contributed by atoms with Gasteiger partial charge >= 0.3 is 0 Å². The summed E-state index contributed by atoms with van der Waals surface area (Å²) < 4.78 is 6.08. The molecule has 1 aliphatic carbocycles. The Morgan fingerprint density at radius 2 is 1.79 bits per heavy atom. The van der Waals surface area contributed by atoms with Crippen molar-refractivity contribution in [3.05, 3.63) is 0 Å². The van der Waals surface area contributed by atoms with Crippen molar-refractivity contribution in [2.24, 2.45) is 0 Å². The van der Waals surface area contributed by atoms with Crippen molar-refractivity contribution in [1.29, 1.82) is 0 Å². The second kappa shape index (κ2) is 6.41. The van der Waals surface area contributed by atoms with Crippen LogP contribution in [0.1, 0.15) is 51.9 Å². The number of rotatable bonds is 5. The van der Waals surface area contributed by atoms with Crippen molar-refractivity contribution < 1.29 is 4.74 Å². The van der Waals surface area contributed by atoms with E-state index in [1.807, 2.05) is 7.05 Å². The van der Waals surface area contributed by atoms with Crippen molar-refractivity contribution in [3.63, 3.8) is 0 Å². The van der Waals surface area contributed by atoms with E-state index in [0.29, 0.717) is 0 Å². The highest BCUT2D eigenvalue weighted by Crippen LogP contribution is 2.30. The van der Waals surface area contributed by atoms with Gasteiger partial charge in [0.15, 0.2) is 0 Å². The minimum atomic E-state index is 0.154. The van der Waals surface area contributed by atoms with Crippen molar-refractivity contribution >= 4 is 0 Å². The van der Waals surface area contributed by atoms with Crippen molar-refractivity contribution in [1.82, 2.24) is 5.32 Å². The fourth-order valence-corrected chi connectivity index (χ4v) is 2.39. The number of ether oxygens (including phenoxy) is 1. The van der Waals surface area contributed by atoms with Gasteiger partial charge in [-0.2, -0.15) is 0 Å². The van der Waals surface area contributed by atoms with Gasteiger partial charge in [0.05, 0.1) is 5.60 Å². The summed E-state index contributed by atoms with van der Waals surface area (Å²) in [6.07, 6.45) is 9.08. The van der Waals surface area contributed by atoms with Gasteiger partial charge in [0, 0.05) is 13.2 Å². The van der Waals surface area contributed by atoms with Crippen LogP contribution in [0.25, 0.3) is 0 Å². The summed E-state index contributed by atoms with van der Waals surface area (Å²) in [5.74, 6) is 0. The van der Waals surface area contributed by atoms with Crippen molar-refractivity contribution in [2.75, 3.05) is 20.2 Å². The zero-order chi connectivity index (χ0) is 10.3. The molecular weight excluding hydrogens is 174 g/mol. The van der Waals surface area contributed by atoms with E-state index < -0.39 is 0 Å². The van der Waals surface area contributed by atoms with Crippen LogP contribution in [-0.4, -0.2) is 25.8 Å². The number of hydrogen-bond donors (Lipinski definition) is 1. The van der Waals surface area contributed by atoms with E-state index in [4.69, 9.17) is 4.74 Å². The lowest BCUT2D eigenvalue weighted by Gasteiger charge is -2.32. The summed E-state index contributed by atoms with van der Waals surface area (Å²) in [6.45, 7) is 4.12. The Bertz CT molecular complexity index is 139. The van der Waals surface area contributed by atoms with E-state index in [-0.39, 0.29) is 5.60 Å². The average Bonchev–Trinajstić information content (AvgIpc) is 2.42. The first-order valence-corrected chi connectivity index (χ1v) is 6.11. The van der Waals surface area contributed by atoms with E-state index in [0.717, 1.165) is 19.6 Å². The Kier molecular flexibility index (Phi) is 5.49. The topological polar surface area (TPSA) is 21.3 Å². The van der Waals surface area contributed by atoms with Crippen molar-refractivity contribution in [3.8, 4) is 0 Å². The van der Waals surface area contributed by atoms with E-state index in [9.17, 15) is 0 Å². The smallest absolute Gasteiger partial charge is 0.0806 e. The quantitative estimate of drug-likeness (QED) is 0.687. The lowest BCUT2D eigenvalue weighted by atomic mass is 9.94. The molecule has 2 nitrogen and oxygen atoms in total. The first kappa shape index (κ1) is 12.0. The molecule has 0 bridgehead atoms. The third kappa shape index (κ3) is 3.58. The van der Waals surface area contributed by atoms with Crippen LogP contribution in [0.5, 0.6) is 0 Å². The van der Waals surface area contributed by atoms with Crippen LogP contribution in [0.2, 0.25) is 0 Å². The Morgan fingerprint density at radius 1 is 1.14 bits per heavy atom. The predicted octanol–water partition coefficient (Wildman–Crippen LogP) is 2.73. The SMILES string of the molecule is CCCOC1(CNC)CCCCCC1. The van der Waals surface area contributed by atoms with Gasteiger partial charge in [0.1, 0.15) is 0 Å². The fourth-order valence-electron chi connectivity index (χ4n) is 2.39. The van der Waals surface area contributed by atoms with Gasteiger partial charge < -0.3 is 10.1 Å². The Balaban J connectivity index is 2.48. The van der Waals surface area contributed by atoms with E-state index in [1.54, 1.807) is 0 Å². The van der Waals surface area contributed by atoms with E-state index >= 15 is 0 Å². The summed E-state index contributed by atoms with van der Waals surface area (Å²) in [7, 11) is 2.03. The van der Waals surface area contributed by atoms with Crippen LogP contribution in [0, 0.1) is 0 Å². The van der Waals surface area contributed by atoms with Crippen LogP contribution in [0.4, 0.5) is 0 Å². The molecule has 1 N–H and O–H groups in total. The maximum atomic E-state index is 6.08. The first-order valence-electron chi connectivity index (χ1n) is 6.11. The highest BCUT2D eigenvalue weighted by molar-refractivity contribution is 4.85. The van der Waals surface area contributed by atoms with E-state index in [2.05, 4.69) is 12.2 Å². The lowest BCUT2D eigenvalue weighted by molar-refractivity contribution is -0.0535. The first-order chi connectivity index (χ1) is 6.83. The highest BCUT2D eigenvalue weighted by Gasteiger charge is 2.30. The van der Waals surface area contributed by atoms with Crippen molar-refractivity contribution in [2.45, 2.75) is 57.5 Å². The molecule has 0 spiro atoms. The van der Waals surface area contributed by atoms with Gasteiger partial charge in [-0.3, -0.25) is 0 Å². The normalized spacial score (nSPS) is 21.9. The highest BCUT2D eigenvalue weighted by atomic mass is 16.5. The second-order valence-electron chi connectivity index (χ2n) is 4.48. The molecule has 0 aliphatic heterocycles. The van der Waals surface area contributed by atoms with Crippen LogP contribution >= 0.6 is 0 Å². The molecule has 14 heavy (non-hydrogen) atoms. The average molecular weight is 199 g/mol. The molecule has 0 saturated heterocycles. The zero-order valence-corrected chi connectivity index (χ0v) is 9.77. The Morgan fingerprint density at radius 3 is 2.29 bits per heavy atom. The maximum Gasteiger partial charge on any atom is 0.0806 e. The third-order valence-corrected chi connectivity index (χ3v) is 3.13. The molecule has 0 aromatic carbocycles. The third-order valence-electron chi connectivity index (χ3n) is 3.13. The summed E-state index contributed by atoms with van der Waals surface area (Å²) in [5, 5.41) is 3.29. The van der Waals surface area contributed by atoms with Gasteiger partial charge in [-0.15, -0.1) is 0 Å². The minimum absolute atomic E-state index is 0.154. The van der Waals surface area contributed by atoms with Crippen LogP contribution in [-0.2, 0) is 4.74 Å². The summed E-state index contributed by atoms with van der Waals surface area (Å²) >= 11 is 0. The molecule has 1 fully saturated rings. The second-order valence-corrected chi connectivity index (χ2v) is 4.48. The van der Waals surface area contributed by atoms with Gasteiger partial charge in [-0.25, -0.2) is 0 Å². The zero-order valence-electron chi connectivity index (χ0n) is 9.77. The summed E-state index contributed by atoms with van der Waals surface area (Å²) in [5.41, 5.74) is 0.154. The molecule has 0 unspecified atom stereocenters. The molecule has 1 saturated carbocycles. The molecule has 84 valence electrons. The molecule has 0 amide bonds. The number of likely N-dealkylation sites (N-methyl/N-ethyl adjacent to an activating group) is 1. The van der Waals surface area contributed by atoms with Crippen LogP contribution in [0.3, 0.4) is 0 Å². The lowest BCUT2D eigenvalue weighted by Crippen LogP contribution is -2.42. The molecular formula is C12H25NO. The van der Waals surface area contributed by atoms with Gasteiger partial charge in [0.2, 0.25) is 0 Å². The van der Waals surface area contributed by atoms with Gasteiger partial charge in [-0.1, -0.05) is 32.6 Å². The predicted molar refractivity (Wildman–Crippen MR) is 60.6 cm³/mol. The number of hydrogen-bond acceptors (Lipinski definition) is 2. The standard InChI is InChI=1S/C12H25NO/c1-3-10-14-12(11-13-2)8-6-4-5-7-9-12/h13H,3-11H2,1-2H3. The fraction of sp³-hybridized carbons (Fsp3) is 1.00. The summed E-state index contributed by atoms with van der Waals surface area (Å²) in [4.78, 5) is 0. The monoisotopic (exact) mass is 199 g/mol. The molecule has 2 heteroatoms. The van der Waals surface area contributed by atoms with Gasteiger partial charge in [0.25, 0.3) is 0 Å². The minimum Gasteiger partial charge on any atom is -0.374 e. The van der Waals surface area contributed by atoms with Gasteiger partial charge in [-0.05, 0) is 26.3 Å². The van der Waals surface area contributed by atoms with E-state index in [1.165, 1.54) is 38.5 Å². The molecule has 0 radical (unpaired) electrons. The Labute approximate surface area is 88.4 Å². The molecule has 1 rings (SSSR count). The molecule has 0 atom stereocenters. The molecule has 1 aliphatic rings. The molecule has 0 heterocycles. The molecule has 0 aromatic rings. The number of nitrogens with one attached hydrogen (secondary N) is 1. The van der Waals surface area contributed by atoms with Crippen LogP contribution < -0.4 is 5.32 Å². The largest absolute Gasteiger partial charge is 0.374 e. The molecule has 0 aromatic heterocycles. The van der Waals surface area contributed by atoms with Crippen LogP contribution in [0.15, 0.2) is 0 Å². The summed E-state index contributed by atoms with van der Waals surface area (Å²) in [6, 6.07) is 0. The maximum absolute atomic E-state index is 6.08. The Hall–Kier alpha value is -0.0800.